The molecule has 210 valence electrons. The van der Waals surface area contributed by atoms with Gasteiger partial charge in [-0.25, -0.2) is 14.4 Å². The number of anilines is 1. The molecule has 0 bridgehead atoms. The minimum Gasteiger partial charge on any atom is -0.471 e. The van der Waals surface area contributed by atoms with Crippen LogP contribution in [-0.4, -0.2) is 68.2 Å². The average molecular weight is 579 g/mol. The summed E-state index contributed by atoms with van der Waals surface area (Å²) < 4.78 is 99.9. The molecule has 4 heterocycles. The number of piperidine rings is 1. The second-order valence-electron chi connectivity index (χ2n) is 8.78. The number of amides is 1. The predicted molar refractivity (Wildman–Crippen MR) is 125 cm³/mol. The van der Waals surface area contributed by atoms with Gasteiger partial charge in [0.05, 0.1) is 41.6 Å². The highest BCUT2D eigenvalue weighted by Crippen LogP contribution is 2.28. The molecule has 1 aliphatic rings. The number of hydrogen-bond donors (Lipinski definition) is 1. The molecule has 1 N–H and O–H groups in total. The van der Waals surface area contributed by atoms with Gasteiger partial charge in [-0.2, -0.15) is 30.7 Å². The lowest BCUT2D eigenvalue weighted by molar-refractivity contribution is -0.153. The topological polar surface area (TPSA) is 93.1 Å². The fourth-order valence-corrected chi connectivity index (χ4v) is 4.82. The maximum absolute atomic E-state index is 14.4. The van der Waals surface area contributed by atoms with Crippen molar-refractivity contribution < 1.29 is 40.3 Å². The number of carbonyl (C=O) groups is 1. The molecule has 3 aromatic rings. The SMILES string of the molecule is Cc1nsc(Cc2cnc(C(F)(F)F)cn2)c1C(=O)Nc1ccc(O[C@@H]2CCN(CC(F)(F)F)C[C@@H]2F)nc1. The average Bonchev–Trinajstić information content (AvgIpc) is 3.20. The van der Waals surface area contributed by atoms with E-state index < -0.39 is 49.3 Å². The Hall–Kier alpha value is -3.40. The third kappa shape index (κ3) is 7.59. The Kier molecular flexibility index (Phi) is 8.34. The van der Waals surface area contributed by atoms with Crippen LogP contribution in [0.3, 0.4) is 0 Å². The molecule has 1 fully saturated rings. The van der Waals surface area contributed by atoms with Crippen LogP contribution in [0.25, 0.3) is 0 Å². The fourth-order valence-electron chi connectivity index (χ4n) is 3.93. The largest absolute Gasteiger partial charge is 0.471 e. The van der Waals surface area contributed by atoms with Crippen LogP contribution in [0.4, 0.5) is 36.4 Å². The first kappa shape index (κ1) is 28.6. The highest BCUT2D eigenvalue weighted by atomic mass is 32.1. The van der Waals surface area contributed by atoms with E-state index in [4.69, 9.17) is 4.74 Å². The number of ether oxygens (including phenoxy) is 1. The van der Waals surface area contributed by atoms with Crippen LogP contribution in [0.15, 0.2) is 30.7 Å². The van der Waals surface area contributed by atoms with Gasteiger partial charge in [-0.15, -0.1) is 0 Å². The van der Waals surface area contributed by atoms with Crippen LogP contribution in [0.1, 0.15) is 38.7 Å². The molecular weight excluding hydrogens is 557 g/mol. The van der Waals surface area contributed by atoms with Crippen LogP contribution in [0.2, 0.25) is 0 Å². The van der Waals surface area contributed by atoms with Gasteiger partial charge in [-0.3, -0.25) is 14.7 Å². The van der Waals surface area contributed by atoms with E-state index in [1.807, 2.05) is 0 Å². The number of nitrogens with one attached hydrogen (secondary N) is 1. The number of halogens is 7. The van der Waals surface area contributed by atoms with Gasteiger partial charge < -0.3 is 10.1 Å². The van der Waals surface area contributed by atoms with Crippen LogP contribution < -0.4 is 10.1 Å². The van der Waals surface area contributed by atoms with E-state index in [1.165, 1.54) is 18.3 Å². The molecule has 0 radical (unpaired) electrons. The number of aromatic nitrogens is 4. The van der Waals surface area contributed by atoms with Crippen LogP contribution in [0, 0.1) is 6.92 Å². The molecule has 2 atom stereocenters. The highest BCUT2D eigenvalue weighted by Gasteiger charge is 2.37. The van der Waals surface area contributed by atoms with Crippen molar-refractivity contribution in [2.75, 3.05) is 25.0 Å². The minimum absolute atomic E-state index is 0.0210. The summed E-state index contributed by atoms with van der Waals surface area (Å²) in [6, 6.07) is 2.85. The summed E-state index contributed by atoms with van der Waals surface area (Å²) in [5.41, 5.74) is 0.00640. The summed E-state index contributed by atoms with van der Waals surface area (Å²) >= 11 is 1.01. The maximum Gasteiger partial charge on any atom is 0.434 e. The number of hydrogen-bond acceptors (Lipinski definition) is 8. The van der Waals surface area contributed by atoms with Gasteiger partial charge in [-0.05, 0) is 24.5 Å². The van der Waals surface area contributed by atoms with E-state index in [-0.39, 0.29) is 42.2 Å². The summed E-state index contributed by atoms with van der Waals surface area (Å²) in [6.07, 6.45) is -8.65. The van der Waals surface area contributed by atoms with Gasteiger partial charge >= 0.3 is 12.4 Å². The number of carbonyl (C=O) groups excluding carboxylic acids is 1. The molecule has 39 heavy (non-hydrogen) atoms. The molecule has 0 saturated carbocycles. The van der Waals surface area contributed by atoms with Crippen molar-refractivity contribution in [3.63, 3.8) is 0 Å². The predicted octanol–water partition coefficient (Wildman–Crippen LogP) is 4.85. The number of aryl methyl sites for hydroxylation is 1. The van der Waals surface area contributed by atoms with Gasteiger partial charge in [0.25, 0.3) is 5.91 Å². The van der Waals surface area contributed by atoms with Crippen molar-refractivity contribution in [1.82, 2.24) is 24.2 Å². The van der Waals surface area contributed by atoms with Gasteiger partial charge in [-0.1, -0.05) is 0 Å². The first-order valence-corrected chi connectivity index (χ1v) is 12.3. The van der Waals surface area contributed by atoms with E-state index in [9.17, 15) is 35.5 Å². The van der Waals surface area contributed by atoms with Crippen LogP contribution in [0.5, 0.6) is 5.88 Å². The molecule has 1 amide bonds. The number of nitrogens with zero attached hydrogens (tertiary/aromatic N) is 5. The number of likely N-dealkylation sites (tertiary alicyclic amines) is 1. The third-order valence-electron chi connectivity index (χ3n) is 5.73. The summed E-state index contributed by atoms with van der Waals surface area (Å²) in [6.45, 7) is 0.0289. The van der Waals surface area contributed by atoms with Crippen molar-refractivity contribution in [3.8, 4) is 5.88 Å². The van der Waals surface area contributed by atoms with Gasteiger partial charge in [0.1, 0.15) is 12.3 Å². The van der Waals surface area contributed by atoms with Crippen molar-refractivity contribution >= 4 is 23.1 Å². The Morgan fingerprint density at radius 1 is 1.13 bits per heavy atom. The Labute approximate surface area is 221 Å². The Morgan fingerprint density at radius 3 is 2.49 bits per heavy atom. The fraction of sp³-hybridized carbons (Fsp3) is 0.435. The molecule has 0 aliphatic carbocycles. The van der Waals surface area contributed by atoms with Crippen LogP contribution >= 0.6 is 11.5 Å². The van der Waals surface area contributed by atoms with Gasteiger partial charge in [0.2, 0.25) is 5.88 Å². The zero-order valence-corrected chi connectivity index (χ0v) is 21.0. The second kappa shape index (κ2) is 11.4. The molecule has 0 unspecified atom stereocenters. The van der Waals surface area contributed by atoms with Crippen molar-refractivity contribution in [2.24, 2.45) is 0 Å². The lowest BCUT2D eigenvalue weighted by atomic mass is 10.1. The molecule has 1 saturated heterocycles. The third-order valence-corrected chi connectivity index (χ3v) is 6.67. The molecular formula is C23H21F7N6O2S. The van der Waals surface area contributed by atoms with Crippen LogP contribution in [-0.2, 0) is 12.6 Å². The summed E-state index contributed by atoms with van der Waals surface area (Å²) in [5.74, 6) is -0.493. The molecule has 0 spiro atoms. The van der Waals surface area contributed by atoms with Gasteiger partial charge in [0.15, 0.2) is 5.69 Å². The lowest BCUT2D eigenvalue weighted by Gasteiger charge is -2.34. The molecule has 3 aromatic heterocycles. The van der Waals surface area contributed by atoms with E-state index in [0.29, 0.717) is 16.8 Å². The van der Waals surface area contributed by atoms with E-state index in [2.05, 4.69) is 24.6 Å². The zero-order chi connectivity index (χ0) is 28.4. The van der Waals surface area contributed by atoms with Crippen molar-refractivity contribution in [2.45, 2.75) is 44.4 Å². The summed E-state index contributed by atoms with van der Waals surface area (Å²) in [5, 5.41) is 2.65. The Morgan fingerprint density at radius 2 is 1.90 bits per heavy atom. The first-order chi connectivity index (χ1) is 18.3. The number of alkyl halides is 7. The Balaban J connectivity index is 1.36. The van der Waals surface area contributed by atoms with E-state index >= 15 is 0 Å². The first-order valence-electron chi connectivity index (χ1n) is 11.5. The maximum atomic E-state index is 14.4. The molecule has 16 heteroatoms. The van der Waals surface area contributed by atoms with Gasteiger partial charge in [0, 0.05) is 43.1 Å². The number of pyridine rings is 1. The standard InChI is InChI=1S/C23H21F7N6O2S/c1-12-20(17(39-35-12)6-14-8-32-18(9-31-14)23(28,29)30)21(37)34-13-2-3-19(33-7-13)38-16-4-5-36(10-15(16)24)11-22(25,26)27/h2-3,7-9,15-16H,4-6,10-11H2,1H3,(H,34,37)/t15-,16+/m0/s1. The van der Waals surface area contributed by atoms with E-state index in [0.717, 1.165) is 22.6 Å². The molecule has 0 aromatic carbocycles. The smallest absolute Gasteiger partial charge is 0.434 e. The normalized spacial score (nSPS) is 18.7. The Bertz CT molecular complexity index is 1280. The summed E-state index contributed by atoms with van der Waals surface area (Å²) in [4.78, 5) is 25.6. The molecule has 4 rings (SSSR count). The quantitative estimate of drug-likeness (QED) is 0.401. The minimum atomic E-state index is -4.62. The number of rotatable bonds is 7. The van der Waals surface area contributed by atoms with E-state index in [1.54, 1.807) is 6.92 Å². The van der Waals surface area contributed by atoms with Crippen molar-refractivity contribution in [3.05, 3.63) is 58.2 Å². The van der Waals surface area contributed by atoms with Crippen molar-refractivity contribution in [1.29, 1.82) is 0 Å². The second-order valence-corrected chi connectivity index (χ2v) is 9.64. The zero-order valence-electron chi connectivity index (χ0n) is 20.2. The summed E-state index contributed by atoms with van der Waals surface area (Å²) in [7, 11) is 0. The molecule has 1 aliphatic heterocycles. The monoisotopic (exact) mass is 578 g/mol. The molecule has 8 nitrogen and oxygen atoms in total. The lowest BCUT2D eigenvalue weighted by Crippen LogP contribution is -2.49. The highest BCUT2D eigenvalue weighted by molar-refractivity contribution is 7.06.